The molecule has 2 saturated carbocycles. The number of amides is 3. The molecule has 0 unspecified atom stereocenters. The summed E-state index contributed by atoms with van der Waals surface area (Å²) in [6, 6.07) is 4.89. The van der Waals surface area contributed by atoms with Gasteiger partial charge >= 0.3 is 6.03 Å². The van der Waals surface area contributed by atoms with Crippen LogP contribution in [0.1, 0.15) is 56.6 Å². The highest BCUT2D eigenvalue weighted by molar-refractivity contribution is 6.07. The molecule has 1 aromatic rings. The molecule has 7 heteroatoms. The van der Waals surface area contributed by atoms with E-state index in [2.05, 4.69) is 10.2 Å². The summed E-state index contributed by atoms with van der Waals surface area (Å²) in [5.41, 5.74) is -0.861. The highest BCUT2D eigenvalue weighted by atomic mass is 16.3. The Balaban J connectivity index is 1.67. The average molecular weight is 428 g/mol. The van der Waals surface area contributed by atoms with Gasteiger partial charge in [0.25, 0.3) is 5.91 Å². The molecule has 4 aliphatic rings. The molecule has 4 fully saturated rings. The Morgan fingerprint density at radius 3 is 2.65 bits per heavy atom. The van der Waals surface area contributed by atoms with Gasteiger partial charge in [-0.15, -0.1) is 0 Å². The van der Waals surface area contributed by atoms with Gasteiger partial charge in [-0.2, -0.15) is 0 Å². The molecule has 1 aromatic carbocycles. The van der Waals surface area contributed by atoms with Crippen LogP contribution in [-0.4, -0.2) is 69.3 Å². The lowest BCUT2D eigenvalue weighted by atomic mass is 9.49. The second-order valence-corrected chi connectivity index (χ2v) is 10.4. The minimum absolute atomic E-state index is 0.114. The van der Waals surface area contributed by atoms with E-state index in [1.54, 1.807) is 17.0 Å². The molecule has 0 aromatic heterocycles. The topological polar surface area (TPSA) is 93.1 Å². The molecule has 4 atom stereocenters. The number of aromatic hydroxyl groups is 1. The van der Waals surface area contributed by atoms with Gasteiger partial charge in [-0.3, -0.25) is 10.1 Å². The lowest BCUT2D eigenvalue weighted by Gasteiger charge is -2.63. The molecule has 0 bridgehead atoms. The van der Waals surface area contributed by atoms with E-state index in [0.29, 0.717) is 38.1 Å². The van der Waals surface area contributed by atoms with Gasteiger partial charge in [-0.25, -0.2) is 4.79 Å². The van der Waals surface area contributed by atoms with Crippen LogP contribution in [0.15, 0.2) is 18.2 Å². The van der Waals surface area contributed by atoms with Crippen molar-refractivity contribution in [1.29, 1.82) is 0 Å². The van der Waals surface area contributed by atoms with E-state index in [9.17, 15) is 19.8 Å². The Morgan fingerprint density at radius 2 is 1.94 bits per heavy atom. The summed E-state index contributed by atoms with van der Waals surface area (Å²) in [5.74, 6) is 0.387. The van der Waals surface area contributed by atoms with Crippen LogP contribution in [-0.2, 0) is 10.2 Å². The van der Waals surface area contributed by atoms with Crippen LogP contribution in [0.3, 0.4) is 0 Å². The molecule has 5 rings (SSSR count). The number of rotatable bonds is 3. The number of aliphatic hydroxyl groups is 1. The number of fused-ring (bicyclic) bond motifs is 1. The highest BCUT2D eigenvalue weighted by Crippen LogP contribution is 2.59. The number of phenolic OH excluding ortho intramolecular Hbond substituents is 1. The van der Waals surface area contributed by atoms with Gasteiger partial charge in [0.15, 0.2) is 0 Å². The van der Waals surface area contributed by atoms with E-state index in [4.69, 9.17) is 0 Å². The molecule has 3 N–H and O–H groups in total. The molecular formula is C24H33N3O4. The number of imide groups is 1. The first-order chi connectivity index (χ1) is 14.6. The summed E-state index contributed by atoms with van der Waals surface area (Å²) in [5, 5.41) is 25.2. The highest BCUT2D eigenvalue weighted by Gasteiger charge is 2.68. The monoisotopic (exact) mass is 427 g/mol. The number of carbonyl (C=O) groups excluding carboxylic acids is 2. The number of nitrogens with one attached hydrogen (secondary N) is 1. The number of piperidine rings is 1. The summed E-state index contributed by atoms with van der Waals surface area (Å²) >= 11 is 0. The van der Waals surface area contributed by atoms with Gasteiger partial charge in [0, 0.05) is 18.0 Å². The van der Waals surface area contributed by atoms with Crippen LogP contribution in [0.4, 0.5) is 4.79 Å². The smallest absolute Gasteiger partial charge is 0.325 e. The van der Waals surface area contributed by atoms with Gasteiger partial charge in [-0.1, -0.05) is 6.07 Å². The van der Waals surface area contributed by atoms with E-state index in [1.807, 2.05) is 27.0 Å². The third kappa shape index (κ3) is 2.79. The van der Waals surface area contributed by atoms with Gasteiger partial charge in [0.2, 0.25) is 0 Å². The Kier molecular flexibility index (Phi) is 4.48. The third-order valence-corrected chi connectivity index (χ3v) is 8.87. The Hall–Kier alpha value is -2.12. The van der Waals surface area contributed by atoms with Crippen molar-refractivity contribution in [3.05, 3.63) is 29.3 Å². The van der Waals surface area contributed by atoms with E-state index < -0.39 is 16.6 Å². The fraction of sp³-hybridized carbons (Fsp3) is 0.667. The second-order valence-electron chi connectivity index (χ2n) is 10.4. The largest absolute Gasteiger partial charge is 0.508 e. The minimum atomic E-state index is -1.07. The number of benzene rings is 1. The average Bonchev–Trinajstić information content (AvgIpc) is 3.52. The molecule has 7 nitrogen and oxygen atoms in total. The van der Waals surface area contributed by atoms with Crippen molar-refractivity contribution in [1.82, 2.24) is 15.1 Å². The van der Waals surface area contributed by atoms with Crippen molar-refractivity contribution in [2.24, 2.45) is 5.92 Å². The Morgan fingerprint density at radius 1 is 1.19 bits per heavy atom. The van der Waals surface area contributed by atoms with Gasteiger partial charge in [-0.05, 0) is 95.1 Å². The molecule has 31 heavy (non-hydrogen) atoms. The fourth-order valence-corrected chi connectivity index (χ4v) is 6.64. The lowest BCUT2D eigenvalue weighted by Crippen LogP contribution is -2.73. The van der Waals surface area contributed by atoms with Crippen molar-refractivity contribution in [2.75, 3.05) is 20.1 Å². The number of phenols is 1. The molecule has 2 aliphatic heterocycles. The summed E-state index contributed by atoms with van der Waals surface area (Å²) in [4.78, 5) is 30.1. The fourth-order valence-electron chi connectivity index (χ4n) is 6.64. The molecule has 3 amide bonds. The Labute approximate surface area is 183 Å². The van der Waals surface area contributed by atoms with Crippen LogP contribution in [0.2, 0.25) is 0 Å². The normalized spacial score (nSPS) is 38.5. The van der Waals surface area contributed by atoms with E-state index in [0.717, 1.165) is 30.5 Å². The number of likely N-dealkylation sites (tertiary alicyclic amines) is 1. The van der Waals surface area contributed by atoms with E-state index in [1.165, 1.54) is 0 Å². The zero-order valence-electron chi connectivity index (χ0n) is 18.6. The van der Waals surface area contributed by atoms with Crippen molar-refractivity contribution < 1.29 is 19.8 Å². The van der Waals surface area contributed by atoms with Gasteiger partial charge in [0.05, 0.1) is 5.60 Å². The van der Waals surface area contributed by atoms with Crippen molar-refractivity contribution in [2.45, 2.75) is 75.0 Å². The summed E-state index contributed by atoms with van der Waals surface area (Å²) in [6.07, 6.45) is 4.10. The lowest BCUT2D eigenvalue weighted by molar-refractivity contribution is -0.175. The van der Waals surface area contributed by atoms with E-state index >= 15 is 0 Å². The number of hydrogen-bond acceptors (Lipinski definition) is 5. The van der Waals surface area contributed by atoms with Crippen molar-refractivity contribution >= 4 is 11.9 Å². The first-order valence-electron chi connectivity index (χ1n) is 11.5. The molecular weight excluding hydrogens is 394 g/mol. The first-order valence-corrected chi connectivity index (χ1v) is 11.5. The molecule has 2 aliphatic carbocycles. The Bertz CT molecular complexity index is 947. The zero-order chi connectivity index (χ0) is 22.2. The predicted octanol–water partition coefficient (Wildman–Crippen LogP) is 2.28. The van der Waals surface area contributed by atoms with Crippen LogP contribution < -0.4 is 5.32 Å². The number of nitrogens with zero attached hydrogens (tertiary/aromatic N) is 2. The third-order valence-electron chi connectivity index (χ3n) is 8.87. The maximum atomic E-state index is 13.3. The number of likely N-dealkylation sites (N-methyl/N-ethyl adjacent to an activating group) is 1. The number of aryl methyl sites for hydroxylation is 1. The zero-order valence-corrected chi connectivity index (χ0v) is 18.6. The number of urea groups is 1. The van der Waals surface area contributed by atoms with Crippen LogP contribution >= 0.6 is 0 Å². The van der Waals surface area contributed by atoms with Crippen molar-refractivity contribution in [3.63, 3.8) is 0 Å². The quantitative estimate of drug-likeness (QED) is 0.644. The minimum Gasteiger partial charge on any atom is -0.508 e. The summed E-state index contributed by atoms with van der Waals surface area (Å²) in [7, 11) is 2.03. The molecule has 2 heterocycles. The van der Waals surface area contributed by atoms with E-state index in [-0.39, 0.29) is 23.7 Å². The van der Waals surface area contributed by atoms with Crippen LogP contribution in [0, 0.1) is 12.8 Å². The molecule has 0 radical (unpaired) electrons. The standard InChI is InChI=1S/C24H33N3O4/c1-15-4-7-18(28)12-19(15)22-10-11-26(3)16(2)24(22,31)9-8-23(14-22)20(29)25-21(30)27(23)13-17-5-6-17/h4,7,12,16-17,28,31H,5-6,8-11,13-14H2,1-3H3,(H,25,29,30)/t16-,22-,23+,24-/m1/s1. The maximum Gasteiger partial charge on any atom is 0.325 e. The molecule has 1 spiro atoms. The summed E-state index contributed by atoms with van der Waals surface area (Å²) in [6.45, 7) is 5.41. The molecule has 2 saturated heterocycles. The van der Waals surface area contributed by atoms with Crippen LogP contribution in [0.5, 0.6) is 5.75 Å². The maximum absolute atomic E-state index is 13.3. The predicted molar refractivity (Wildman–Crippen MR) is 116 cm³/mol. The SMILES string of the molecule is Cc1ccc(O)cc1[C@]12CCN(C)[C@H](C)[C@]1(O)CC[C@]1(C2)C(=O)NC(=O)N1CC1CC1. The second kappa shape index (κ2) is 6.69. The molecule has 168 valence electrons. The van der Waals surface area contributed by atoms with Gasteiger partial charge in [0.1, 0.15) is 11.3 Å². The number of hydrogen-bond donors (Lipinski definition) is 3. The van der Waals surface area contributed by atoms with Crippen molar-refractivity contribution in [3.8, 4) is 5.75 Å². The van der Waals surface area contributed by atoms with Crippen LogP contribution in [0.25, 0.3) is 0 Å². The first kappa shape index (κ1) is 20.8. The summed E-state index contributed by atoms with van der Waals surface area (Å²) < 4.78 is 0. The van der Waals surface area contributed by atoms with Gasteiger partial charge < -0.3 is 20.0 Å². The number of carbonyl (C=O) groups is 2.